The molecular formula is C15H12N6O2S. The number of aromatic amines is 1. The standard InChI is InChI=1S/C15H12N6O2S/c1-9-4-2-5-10-13(9)16-11(17-14(10)22)8-20-15(23)21(19-18-20)12-6-3-7-24-12/h2-7H,8H2,1H3,(H,16,17,22). The summed E-state index contributed by atoms with van der Waals surface area (Å²) in [5.74, 6) is 0.363. The van der Waals surface area contributed by atoms with E-state index in [9.17, 15) is 9.59 Å². The number of aryl methyl sites for hydroxylation is 1. The highest BCUT2D eigenvalue weighted by molar-refractivity contribution is 7.12. The molecule has 120 valence electrons. The van der Waals surface area contributed by atoms with Gasteiger partial charge in [0.15, 0.2) is 0 Å². The fraction of sp³-hybridized carbons (Fsp3) is 0.133. The summed E-state index contributed by atoms with van der Waals surface area (Å²) in [6, 6.07) is 9.03. The molecule has 0 spiro atoms. The van der Waals surface area contributed by atoms with Gasteiger partial charge in [0.25, 0.3) is 5.56 Å². The molecule has 0 aliphatic rings. The first-order chi connectivity index (χ1) is 11.6. The number of nitrogens with one attached hydrogen (secondary N) is 1. The molecule has 9 heteroatoms. The highest BCUT2D eigenvalue weighted by Crippen LogP contribution is 2.12. The second-order valence-corrected chi connectivity index (χ2v) is 6.19. The van der Waals surface area contributed by atoms with Gasteiger partial charge in [0.2, 0.25) is 0 Å². The number of H-pyrrole nitrogens is 1. The molecule has 8 nitrogen and oxygen atoms in total. The Hall–Kier alpha value is -3.07. The van der Waals surface area contributed by atoms with E-state index in [1.165, 1.54) is 20.7 Å². The minimum absolute atomic E-state index is 0.0454. The molecular weight excluding hydrogens is 328 g/mol. The van der Waals surface area contributed by atoms with Crippen LogP contribution in [0.1, 0.15) is 11.4 Å². The Labute approximate surface area is 139 Å². The van der Waals surface area contributed by atoms with Crippen molar-refractivity contribution >= 4 is 22.2 Å². The van der Waals surface area contributed by atoms with Crippen molar-refractivity contribution < 1.29 is 0 Å². The Morgan fingerprint density at radius 2 is 2.04 bits per heavy atom. The van der Waals surface area contributed by atoms with Crippen molar-refractivity contribution in [2.75, 3.05) is 0 Å². The van der Waals surface area contributed by atoms with E-state index in [1.54, 1.807) is 12.1 Å². The van der Waals surface area contributed by atoms with Crippen molar-refractivity contribution in [3.8, 4) is 5.00 Å². The van der Waals surface area contributed by atoms with Gasteiger partial charge in [0.1, 0.15) is 17.4 Å². The van der Waals surface area contributed by atoms with E-state index in [2.05, 4.69) is 20.4 Å². The Morgan fingerprint density at radius 3 is 2.83 bits per heavy atom. The molecule has 4 rings (SSSR count). The molecule has 0 bridgehead atoms. The quantitative estimate of drug-likeness (QED) is 0.602. The van der Waals surface area contributed by atoms with Crippen LogP contribution in [0.15, 0.2) is 45.3 Å². The summed E-state index contributed by atoms with van der Waals surface area (Å²) in [5, 5.41) is 10.8. The lowest BCUT2D eigenvalue weighted by atomic mass is 10.1. The molecule has 0 saturated heterocycles. The van der Waals surface area contributed by atoms with Crippen molar-refractivity contribution in [1.82, 2.24) is 29.8 Å². The topological polar surface area (TPSA) is 98.5 Å². The van der Waals surface area contributed by atoms with Crippen molar-refractivity contribution in [2.45, 2.75) is 13.5 Å². The predicted octanol–water partition coefficient (Wildman–Crippen LogP) is 1.08. The summed E-state index contributed by atoms with van der Waals surface area (Å²) in [7, 11) is 0. The lowest BCUT2D eigenvalue weighted by molar-refractivity contribution is 0.609. The van der Waals surface area contributed by atoms with Gasteiger partial charge in [-0.05, 0) is 46.5 Å². The average molecular weight is 340 g/mol. The first kappa shape index (κ1) is 14.5. The molecule has 0 radical (unpaired) electrons. The molecule has 1 aromatic carbocycles. The number of tetrazole rings is 1. The summed E-state index contributed by atoms with van der Waals surface area (Å²) in [5.41, 5.74) is 0.895. The van der Waals surface area contributed by atoms with Crippen molar-refractivity contribution in [3.05, 3.63) is 67.9 Å². The maximum Gasteiger partial charge on any atom is 0.369 e. The highest BCUT2D eigenvalue weighted by atomic mass is 32.1. The zero-order chi connectivity index (χ0) is 16.7. The van der Waals surface area contributed by atoms with Crippen LogP contribution in [0, 0.1) is 6.92 Å². The summed E-state index contributed by atoms with van der Waals surface area (Å²) >= 11 is 1.39. The van der Waals surface area contributed by atoms with Gasteiger partial charge in [-0.15, -0.1) is 11.3 Å². The number of hydrogen-bond donors (Lipinski definition) is 1. The maximum atomic E-state index is 12.4. The van der Waals surface area contributed by atoms with E-state index in [0.717, 1.165) is 5.56 Å². The number of nitrogens with zero attached hydrogens (tertiary/aromatic N) is 5. The third-order valence-electron chi connectivity index (χ3n) is 3.64. The molecule has 24 heavy (non-hydrogen) atoms. The smallest absolute Gasteiger partial charge is 0.308 e. The van der Waals surface area contributed by atoms with Gasteiger partial charge in [0, 0.05) is 0 Å². The Kier molecular flexibility index (Phi) is 3.35. The highest BCUT2D eigenvalue weighted by Gasteiger charge is 2.12. The normalized spacial score (nSPS) is 11.2. The van der Waals surface area contributed by atoms with E-state index >= 15 is 0 Å². The summed E-state index contributed by atoms with van der Waals surface area (Å²) in [4.78, 5) is 31.7. The Bertz CT molecular complexity index is 1140. The molecule has 0 amide bonds. The molecule has 1 N–H and O–H groups in total. The molecule has 0 fully saturated rings. The van der Waals surface area contributed by atoms with Crippen LogP contribution in [0.5, 0.6) is 0 Å². The van der Waals surface area contributed by atoms with Gasteiger partial charge in [-0.2, -0.15) is 9.36 Å². The number of benzene rings is 1. The van der Waals surface area contributed by atoms with Crippen LogP contribution >= 0.6 is 11.3 Å². The van der Waals surface area contributed by atoms with Crippen LogP contribution in [-0.4, -0.2) is 29.8 Å². The van der Waals surface area contributed by atoms with Crippen LogP contribution in [0.3, 0.4) is 0 Å². The SMILES string of the molecule is Cc1cccc2c(=O)[nH]c(Cn3nnn(-c4cccs4)c3=O)nc12. The number of para-hydroxylation sites is 1. The van der Waals surface area contributed by atoms with Crippen LogP contribution < -0.4 is 11.2 Å². The zero-order valence-electron chi connectivity index (χ0n) is 12.6. The van der Waals surface area contributed by atoms with Crippen LogP contribution in [0.2, 0.25) is 0 Å². The van der Waals surface area contributed by atoms with Gasteiger partial charge in [-0.3, -0.25) is 4.79 Å². The Balaban J connectivity index is 1.77. The monoisotopic (exact) mass is 340 g/mol. The molecule has 3 heterocycles. The maximum absolute atomic E-state index is 12.4. The van der Waals surface area contributed by atoms with E-state index in [4.69, 9.17) is 0 Å². The summed E-state index contributed by atoms with van der Waals surface area (Å²) in [6.45, 7) is 1.93. The number of hydrogen-bond acceptors (Lipinski definition) is 6. The van der Waals surface area contributed by atoms with Crippen molar-refractivity contribution in [2.24, 2.45) is 0 Å². The third-order valence-corrected chi connectivity index (χ3v) is 4.48. The van der Waals surface area contributed by atoms with Crippen molar-refractivity contribution in [1.29, 1.82) is 0 Å². The first-order valence-electron chi connectivity index (χ1n) is 7.19. The molecule has 0 aliphatic carbocycles. The third kappa shape index (κ3) is 2.35. The van der Waals surface area contributed by atoms with Crippen LogP contribution in [0.4, 0.5) is 0 Å². The fourth-order valence-electron chi connectivity index (χ4n) is 2.47. The van der Waals surface area contributed by atoms with E-state index in [-0.39, 0.29) is 17.8 Å². The van der Waals surface area contributed by atoms with E-state index in [1.807, 2.05) is 30.5 Å². The molecule has 4 aromatic rings. The van der Waals surface area contributed by atoms with Gasteiger partial charge in [-0.1, -0.05) is 12.1 Å². The van der Waals surface area contributed by atoms with Gasteiger partial charge >= 0.3 is 5.69 Å². The zero-order valence-corrected chi connectivity index (χ0v) is 13.4. The average Bonchev–Trinajstić information content (AvgIpc) is 3.19. The molecule has 0 unspecified atom stereocenters. The number of aromatic nitrogens is 6. The number of rotatable bonds is 3. The van der Waals surface area contributed by atoms with E-state index < -0.39 is 0 Å². The predicted molar refractivity (Wildman–Crippen MR) is 89.7 cm³/mol. The van der Waals surface area contributed by atoms with Gasteiger partial charge in [-0.25, -0.2) is 9.78 Å². The minimum atomic E-state index is -0.384. The second-order valence-electron chi connectivity index (χ2n) is 5.27. The molecule has 0 saturated carbocycles. The van der Waals surface area contributed by atoms with Crippen LogP contribution in [0.25, 0.3) is 15.9 Å². The lowest BCUT2D eigenvalue weighted by Gasteiger charge is -2.04. The second kappa shape index (κ2) is 5.53. The van der Waals surface area contributed by atoms with Crippen molar-refractivity contribution in [3.63, 3.8) is 0 Å². The lowest BCUT2D eigenvalue weighted by Crippen LogP contribution is -2.26. The van der Waals surface area contributed by atoms with Gasteiger partial charge in [0.05, 0.1) is 10.9 Å². The molecule has 0 aliphatic heterocycles. The largest absolute Gasteiger partial charge is 0.369 e. The Morgan fingerprint density at radius 1 is 1.17 bits per heavy atom. The number of fused-ring (bicyclic) bond motifs is 1. The molecule has 0 atom stereocenters. The molecule has 3 aromatic heterocycles. The summed E-state index contributed by atoms with van der Waals surface area (Å²) in [6.07, 6.45) is 0. The number of thiophene rings is 1. The first-order valence-corrected chi connectivity index (χ1v) is 8.06. The van der Waals surface area contributed by atoms with E-state index in [0.29, 0.717) is 21.7 Å². The minimum Gasteiger partial charge on any atom is -0.308 e. The summed E-state index contributed by atoms with van der Waals surface area (Å²) < 4.78 is 2.39. The van der Waals surface area contributed by atoms with Crippen LogP contribution in [-0.2, 0) is 6.54 Å². The van der Waals surface area contributed by atoms with Gasteiger partial charge < -0.3 is 4.98 Å². The fourth-order valence-corrected chi connectivity index (χ4v) is 3.14.